The van der Waals surface area contributed by atoms with Crippen LogP contribution >= 0.6 is 0 Å². The minimum Gasteiger partial charge on any atom is -0.462 e. The molecule has 0 aliphatic carbocycles. The summed E-state index contributed by atoms with van der Waals surface area (Å²) in [7, 11) is 0. The maximum Gasteiger partial charge on any atom is 0.306 e. The van der Waals surface area contributed by atoms with Crippen molar-refractivity contribution in [2.24, 2.45) is 0 Å². The lowest BCUT2D eigenvalue weighted by Crippen LogP contribution is -2.30. The van der Waals surface area contributed by atoms with E-state index in [0.29, 0.717) is 19.3 Å². The summed E-state index contributed by atoms with van der Waals surface area (Å²) in [6, 6.07) is 0. The summed E-state index contributed by atoms with van der Waals surface area (Å²) in [5.41, 5.74) is 0. The Balaban J connectivity index is 4.42. The Morgan fingerprint density at radius 1 is 0.373 bits per heavy atom. The van der Waals surface area contributed by atoms with Crippen LogP contribution in [0.15, 0.2) is 72.9 Å². The summed E-state index contributed by atoms with van der Waals surface area (Å²) in [4.78, 5) is 37.9. The predicted octanol–water partition coefficient (Wildman–Crippen LogP) is 15.9. The van der Waals surface area contributed by atoms with Crippen LogP contribution in [-0.4, -0.2) is 37.2 Å². The highest BCUT2D eigenvalue weighted by Crippen LogP contribution is 2.14. The van der Waals surface area contributed by atoms with Crippen LogP contribution in [0.5, 0.6) is 0 Å². The van der Waals surface area contributed by atoms with Crippen molar-refractivity contribution in [2.45, 2.75) is 232 Å². The first kappa shape index (κ1) is 55.9. The highest BCUT2D eigenvalue weighted by Gasteiger charge is 2.19. The van der Waals surface area contributed by atoms with Gasteiger partial charge in [0.15, 0.2) is 6.10 Å². The summed E-state index contributed by atoms with van der Waals surface area (Å²) >= 11 is 0. The maximum absolute atomic E-state index is 12.8. The van der Waals surface area contributed by atoms with E-state index in [1.807, 2.05) is 0 Å². The molecule has 0 saturated carbocycles. The fourth-order valence-electron chi connectivity index (χ4n) is 6.59. The number of carbonyl (C=O) groups is 3. The first-order valence-corrected chi connectivity index (χ1v) is 24.5. The molecule has 0 radical (unpaired) electrons. The van der Waals surface area contributed by atoms with E-state index in [1.165, 1.54) is 89.9 Å². The third kappa shape index (κ3) is 45.8. The summed E-state index contributed by atoms with van der Waals surface area (Å²) in [6.45, 7) is 6.35. The second-order valence-corrected chi connectivity index (χ2v) is 16.0. The number of esters is 3. The van der Waals surface area contributed by atoms with Gasteiger partial charge in [0, 0.05) is 19.3 Å². The molecular weight excluding hydrogens is 733 g/mol. The first-order valence-electron chi connectivity index (χ1n) is 24.5. The summed E-state index contributed by atoms with van der Waals surface area (Å²) in [5.74, 6) is -0.918. The van der Waals surface area contributed by atoms with Crippen LogP contribution in [0, 0.1) is 0 Å². The quantitative estimate of drug-likeness (QED) is 0.0200. The van der Waals surface area contributed by atoms with Gasteiger partial charge in [-0.1, -0.05) is 190 Å². The normalized spacial score (nSPS) is 12.7. The van der Waals surface area contributed by atoms with Crippen molar-refractivity contribution in [1.82, 2.24) is 0 Å². The van der Waals surface area contributed by atoms with E-state index >= 15 is 0 Å². The van der Waals surface area contributed by atoms with Crippen LogP contribution < -0.4 is 0 Å². The van der Waals surface area contributed by atoms with Gasteiger partial charge in [0.1, 0.15) is 13.2 Å². The third-order valence-corrected chi connectivity index (χ3v) is 10.2. The molecule has 0 saturated heterocycles. The Morgan fingerprint density at radius 3 is 1.22 bits per heavy atom. The molecule has 0 bridgehead atoms. The fourth-order valence-corrected chi connectivity index (χ4v) is 6.59. The average molecular weight is 823 g/mol. The molecule has 6 heteroatoms. The van der Waals surface area contributed by atoms with Gasteiger partial charge in [-0.3, -0.25) is 14.4 Å². The second kappa shape index (κ2) is 47.5. The van der Waals surface area contributed by atoms with Crippen LogP contribution in [0.3, 0.4) is 0 Å². The zero-order chi connectivity index (χ0) is 43.0. The molecule has 0 aliphatic heterocycles. The summed E-state index contributed by atoms with van der Waals surface area (Å²) in [5, 5.41) is 0. The maximum atomic E-state index is 12.8. The minimum absolute atomic E-state index is 0.0874. The van der Waals surface area contributed by atoms with Crippen LogP contribution in [0.1, 0.15) is 226 Å². The number of ether oxygens (including phenoxy) is 3. The van der Waals surface area contributed by atoms with E-state index in [1.54, 1.807) is 0 Å². The molecule has 0 N–H and O–H groups in total. The number of hydrogen-bond acceptors (Lipinski definition) is 6. The molecule has 1 atom stereocenters. The van der Waals surface area contributed by atoms with Crippen LogP contribution in [0.2, 0.25) is 0 Å². The Kier molecular flexibility index (Phi) is 45.0. The summed E-state index contributed by atoms with van der Waals surface area (Å²) in [6.07, 6.45) is 58.8. The molecule has 0 aromatic rings. The molecule has 59 heavy (non-hydrogen) atoms. The van der Waals surface area contributed by atoms with Crippen molar-refractivity contribution in [1.29, 1.82) is 0 Å². The Bertz CT molecular complexity index is 1130. The lowest BCUT2D eigenvalue weighted by atomic mass is 10.1. The second-order valence-electron chi connectivity index (χ2n) is 16.0. The van der Waals surface area contributed by atoms with E-state index in [-0.39, 0.29) is 31.1 Å². The Labute approximate surface area is 363 Å². The summed E-state index contributed by atoms with van der Waals surface area (Å²) < 4.78 is 16.7. The van der Waals surface area contributed by atoms with Crippen molar-refractivity contribution < 1.29 is 28.6 Å². The highest BCUT2D eigenvalue weighted by molar-refractivity contribution is 5.71. The molecule has 0 aliphatic rings. The van der Waals surface area contributed by atoms with E-state index in [4.69, 9.17) is 14.2 Å². The monoisotopic (exact) mass is 823 g/mol. The number of carbonyl (C=O) groups excluding carboxylic acids is 3. The molecule has 6 nitrogen and oxygen atoms in total. The molecule has 0 spiro atoms. The van der Waals surface area contributed by atoms with Crippen LogP contribution in [-0.2, 0) is 28.6 Å². The smallest absolute Gasteiger partial charge is 0.306 e. The standard InChI is InChI=1S/C53H90O6/c1-4-7-10-13-16-19-22-25-27-29-31-34-37-40-43-46-52(55)58-49-50(48-57-51(54)45-42-39-36-33-30-24-21-18-15-12-9-6-3)59-53(56)47-44-41-38-35-32-28-26-23-20-17-14-11-8-5-2/h7-8,10-11,13,16-22,50H,4-6,9,12,14-15,23-49H2,1-3H3/b10-7-,11-8-,16-13-,20-17-,21-18-,22-19-. The number of unbranched alkanes of at least 4 members (excludes halogenated alkanes) is 22. The molecule has 0 aromatic heterocycles. The average Bonchev–Trinajstić information content (AvgIpc) is 3.23. The van der Waals surface area contributed by atoms with Gasteiger partial charge in [-0.25, -0.2) is 0 Å². The van der Waals surface area contributed by atoms with Gasteiger partial charge in [-0.2, -0.15) is 0 Å². The molecule has 338 valence electrons. The van der Waals surface area contributed by atoms with Crippen molar-refractivity contribution in [3.05, 3.63) is 72.9 Å². The lowest BCUT2D eigenvalue weighted by Gasteiger charge is -2.18. The van der Waals surface area contributed by atoms with Crippen LogP contribution in [0.25, 0.3) is 0 Å². The van der Waals surface area contributed by atoms with Crippen molar-refractivity contribution >= 4 is 17.9 Å². The molecule has 0 aromatic carbocycles. The molecule has 0 fully saturated rings. The minimum atomic E-state index is -0.786. The SMILES string of the molecule is CC\C=C/C=C\C=C/CCCCCCCCCC(=O)OCC(COC(=O)CCCCCCC/C=C\CCCCC)OC(=O)CCCCCCCCC/C=C\C/C=C\CC. The highest BCUT2D eigenvalue weighted by atomic mass is 16.6. The van der Waals surface area contributed by atoms with Gasteiger partial charge >= 0.3 is 17.9 Å². The molecule has 0 rings (SSSR count). The molecule has 0 amide bonds. The Hall–Kier alpha value is -3.15. The Morgan fingerprint density at radius 2 is 0.746 bits per heavy atom. The predicted molar refractivity (Wildman–Crippen MR) is 251 cm³/mol. The van der Waals surface area contributed by atoms with Crippen molar-refractivity contribution in [3.63, 3.8) is 0 Å². The van der Waals surface area contributed by atoms with Crippen LogP contribution in [0.4, 0.5) is 0 Å². The van der Waals surface area contributed by atoms with Crippen molar-refractivity contribution in [2.75, 3.05) is 13.2 Å². The number of allylic oxidation sites excluding steroid dienone is 12. The van der Waals surface area contributed by atoms with E-state index in [9.17, 15) is 14.4 Å². The number of hydrogen-bond donors (Lipinski definition) is 0. The van der Waals surface area contributed by atoms with Gasteiger partial charge < -0.3 is 14.2 Å². The van der Waals surface area contributed by atoms with E-state index in [2.05, 4.69) is 93.7 Å². The molecular formula is C53H90O6. The number of rotatable bonds is 43. The topological polar surface area (TPSA) is 78.9 Å². The molecule has 0 heterocycles. The van der Waals surface area contributed by atoms with Gasteiger partial charge in [-0.05, 0) is 89.9 Å². The van der Waals surface area contributed by atoms with Gasteiger partial charge in [0.2, 0.25) is 0 Å². The van der Waals surface area contributed by atoms with Gasteiger partial charge in [-0.15, -0.1) is 0 Å². The molecule has 1 unspecified atom stereocenters. The lowest BCUT2D eigenvalue weighted by molar-refractivity contribution is -0.167. The van der Waals surface area contributed by atoms with Crippen molar-refractivity contribution in [3.8, 4) is 0 Å². The zero-order valence-corrected chi connectivity index (χ0v) is 38.5. The zero-order valence-electron chi connectivity index (χ0n) is 38.5. The third-order valence-electron chi connectivity index (χ3n) is 10.2. The van der Waals surface area contributed by atoms with Gasteiger partial charge in [0.05, 0.1) is 0 Å². The fraction of sp³-hybridized carbons (Fsp3) is 0.717. The largest absolute Gasteiger partial charge is 0.462 e. The van der Waals surface area contributed by atoms with Gasteiger partial charge in [0.25, 0.3) is 0 Å². The van der Waals surface area contributed by atoms with E-state index < -0.39 is 6.10 Å². The first-order chi connectivity index (χ1) is 29.0. The van der Waals surface area contributed by atoms with E-state index in [0.717, 1.165) is 96.3 Å².